The number of benzene rings is 6. The highest BCUT2D eigenvalue weighted by Crippen LogP contribution is 2.47. The normalized spacial score (nSPS) is 12.1. The average Bonchev–Trinajstić information content (AvgIpc) is 3.08. The first kappa shape index (κ1) is 34.5. The van der Waals surface area contributed by atoms with Gasteiger partial charge < -0.3 is 8.37 Å². The van der Waals surface area contributed by atoms with Gasteiger partial charge in [0.25, 0.3) is 0 Å². The van der Waals surface area contributed by atoms with Crippen molar-refractivity contribution >= 4 is 41.8 Å². The van der Waals surface area contributed by atoms with Crippen LogP contribution in [0.25, 0.3) is 32.7 Å². The Morgan fingerprint density at radius 1 is 0.360 bits per heavy atom. The molecule has 0 amide bonds. The Balaban J connectivity index is 1.65. The van der Waals surface area contributed by atoms with Gasteiger partial charge in [-0.2, -0.15) is 16.8 Å². The van der Waals surface area contributed by atoms with Gasteiger partial charge in [0.1, 0.15) is 0 Å². The SMILES string of the molecule is O=S(=O)(Oc1ccc2ccccc2c1-c1c(OS(=O)(=O)c2c(F)c(F)c(F)c(F)c2F)ccc2ccccc12)c1c(F)c(F)c(F)c(F)c1F. The lowest BCUT2D eigenvalue weighted by Crippen LogP contribution is -2.18. The fourth-order valence-corrected chi connectivity index (χ4v) is 7.24. The van der Waals surface area contributed by atoms with E-state index in [2.05, 4.69) is 0 Å². The van der Waals surface area contributed by atoms with Crippen molar-refractivity contribution < 1.29 is 69.1 Å². The quantitative estimate of drug-likeness (QED) is 0.0705. The Morgan fingerprint density at radius 2 is 0.640 bits per heavy atom. The highest BCUT2D eigenvalue weighted by atomic mass is 32.2. The van der Waals surface area contributed by atoms with Crippen LogP contribution in [0.3, 0.4) is 0 Å². The fraction of sp³-hybridized carbons (Fsp3) is 0. The molecular weight excluding hydrogens is 734 g/mol. The number of fused-ring (bicyclic) bond motifs is 2. The second-order valence-corrected chi connectivity index (χ2v) is 13.2. The minimum Gasteiger partial charge on any atom is -0.378 e. The zero-order chi connectivity index (χ0) is 36.4. The summed E-state index contributed by atoms with van der Waals surface area (Å²) in [5.41, 5.74) is -0.982. The number of hydrogen-bond acceptors (Lipinski definition) is 6. The van der Waals surface area contributed by atoms with Gasteiger partial charge in [-0.1, -0.05) is 60.7 Å². The molecule has 258 valence electrons. The summed E-state index contributed by atoms with van der Waals surface area (Å²) in [5, 5.41) is 0.412. The maximum absolute atomic E-state index is 14.6. The number of hydrogen-bond donors (Lipinski definition) is 0. The van der Waals surface area contributed by atoms with E-state index >= 15 is 0 Å². The van der Waals surface area contributed by atoms with Crippen molar-refractivity contribution in [3.63, 3.8) is 0 Å². The fourth-order valence-electron chi connectivity index (χ4n) is 5.09. The third-order valence-corrected chi connectivity index (χ3v) is 9.78. The molecule has 0 aliphatic heterocycles. The van der Waals surface area contributed by atoms with Crippen LogP contribution in [0, 0.1) is 58.2 Å². The summed E-state index contributed by atoms with van der Waals surface area (Å²) in [6.45, 7) is 0. The average molecular weight is 747 g/mol. The lowest BCUT2D eigenvalue weighted by atomic mass is 9.92. The van der Waals surface area contributed by atoms with Crippen LogP contribution in [-0.2, 0) is 20.2 Å². The Bertz CT molecular complexity index is 2410. The van der Waals surface area contributed by atoms with Gasteiger partial charge in [0, 0.05) is 11.1 Å². The molecule has 18 heteroatoms. The van der Waals surface area contributed by atoms with E-state index in [0.29, 0.717) is 0 Å². The van der Waals surface area contributed by atoms with Gasteiger partial charge in [-0.25, -0.2) is 43.9 Å². The van der Waals surface area contributed by atoms with Crippen LogP contribution in [0.4, 0.5) is 43.9 Å². The Kier molecular flexibility index (Phi) is 8.42. The van der Waals surface area contributed by atoms with E-state index in [1.54, 1.807) is 0 Å². The largest absolute Gasteiger partial charge is 0.378 e. The predicted molar refractivity (Wildman–Crippen MR) is 155 cm³/mol. The molecule has 0 aliphatic carbocycles. The molecule has 0 radical (unpaired) electrons. The Labute approximate surface area is 274 Å². The van der Waals surface area contributed by atoms with Crippen molar-refractivity contribution in [3.05, 3.63) is 131 Å². The van der Waals surface area contributed by atoms with Crippen LogP contribution in [0.2, 0.25) is 0 Å². The van der Waals surface area contributed by atoms with E-state index in [0.717, 1.165) is 12.1 Å². The van der Waals surface area contributed by atoms with Crippen molar-refractivity contribution in [2.45, 2.75) is 9.79 Å². The third kappa shape index (κ3) is 5.43. The maximum Gasteiger partial charge on any atom is 0.345 e. The van der Waals surface area contributed by atoms with Gasteiger partial charge >= 0.3 is 20.2 Å². The topological polar surface area (TPSA) is 86.7 Å². The van der Waals surface area contributed by atoms with E-state index in [4.69, 9.17) is 8.37 Å². The minimum absolute atomic E-state index is 0.0348. The zero-order valence-corrected chi connectivity index (χ0v) is 25.6. The molecule has 6 nitrogen and oxygen atoms in total. The second kappa shape index (κ2) is 12.2. The lowest BCUT2D eigenvalue weighted by molar-refractivity contribution is 0.352. The van der Waals surface area contributed by atoms with Gasteiger partial charge in [-0.3, -0.25) is 0 Å². The molecule has 50 heavy (non-hydrogen) atoms. The van der Waals surface area contributed by atoms with Crippen molar-refractivity contribution in [1.82, 2.24) is 0 Å². The van der Waals surface area contributed by atoms with Crippen LogP contribution >= 0.6 is 0 Å². The summed E-state index contributed by atoms with van der Waals surface area (Å²) < 4.78 is 205. The van der Waals surface area contributed by atoms with Crippen LogP contribution in [0.15, 0.2) is 82.6 Å². The Morgan fingerprint density at radius 3 is 0.960 bits per heavy atom. The summed E-state index contributed by atoms with van der Waals surface area (Å²) in [6.07, 6.45) is 0. The van der Waals surface area contributed by atoms with Crippen molar-refractivity contribution in [1.29, 1.82) is 0 Å². The monoisotopic (exact) mass is 746 g/mol. The molecule has 6 aromatic rings. The molecule has 0 N–H and O–H groups in total. The molecule has 0 aliphatic rings. The molecule has 0 aromatic heterocycles. The molecule has 0 spiro atoms. The van der Waals surface area contributed by atoms with Crippen LogP contribution in [0.5, 0.6) is 11.5 Å². The van der Waals surface area contributed by atoms with Gasteiger partial charge in [-0.05, 0) is 33.7 Å². The van der Waals surface area contributed by atoms with Crippen LogP contribution in [0.1, 0.15) is 0 Å². The van der Waals surface area contributed by atoms with E-state index in [1.807, 2.05) is 0 Å². The first-order valence-electron chi connectivity index (χ1n) is 13.4. The molecular formula is C32H12F10O6S2. The van der Waals surface area contributed by atoms with Gasteiger partial charge in [0.05, 0.1) is 0 Å². The smallest absolute Gasteiger partial charge is 0.345 e. The van der Waals surface area contributed by atoms with Crippen molar-refractivity contribution in [2.75, 3.05) is 0 Å². The Hall–Kier alpha value is -5.36. The maximum atomic E-state index is 14.6. The van der Waals surface area contributed by atoms with E-state index < -0.39 is 111 Å². The lowest BCUT2D eigenvalue weighted by Gasteiger charge is -2.20. The van der Waals surface area contributed by atoms with Crippen LogP contribution < -0.4 is 8.37 Å². The van der Waals surface area contributed by atoms with Crippen molar-refractivity contribution in [2.24, 2.45) is 0 Å². The molecule has 0 unspecified atom stereocenters. The zero-order valence-electron chi connectivity index (χ0n) is 24.0. The highest BCUT2D eigenvalue weighted by Gasteiger charge is 2.38. The standard InChI is InChI=1S/C32H12F10O6S2/c33-21-23(35)27(39)31(28(40)24(21)36)49(43,44)47-17-11-9-13-5-1-3-7-15(13)19(17)20-16-8-4-2-6-14(16)10-12-18(20)48-50(45,46)32-29(41)25(37)22(34)26(38)30(32)42/h1-12H. The highest BCUT2D eigenvalue weighted by molar-refractivity contribution is 7.87. The summed E-state index contributed by atoms with van der Waals surface area (Å²) in [4.78, 5) is -4.76. The summed E-state index contributed by atoms with van der Waals surface area (Å²) in [5.74, 6) is -28.8. The molecule has 6 aromatic carbocycles. The van der Waals surface area contributed by atoms with E-state index in [-0.39, 0.29) is 21.5 Å². The minimum atomic E-state index is -5.98. The van der Waals surface area contributed by atoms with Gasteiger partial charge in [0.15, 0.2) is 67.8 Å². The predicted octanol–water partition coefficient (Wildman–Crippen LogP) is 8.59. The van der Waals surface area contributed by atoms with E-state index in [1.165, 1.54) is 60.7 Å². The first-order chi connectivity index (χ1) is 23.5. The van der Waals surface area contributed by atoms with Crippen LogP contribution in [-0.4, -0.2) is 16.8 Å². The molecule has 0 atom stereocenters. The molecule has 0 fully saturated rings. The van der Waals surface area contributed by atoms with Gasteiger partial charge in [0.2, 0.25) is 11.6 Å². The molecule has 0 saturated carbocycles. The summed E-state index contributed by atoms with van der Waals surface area (Å²) in [6, 6.07) is 15.3. The third-order valence-electron chi connectivity index (χ3n) is 7.27. The van der Waals surface area contributed by atoms with E-state index in [9.17, 15) is 60.7 Å². The van der Waals surface area contributed by atoms with Crippen molar-refractivity contribution in [3.8, 4) is 22.6 Å². The second-order valence-electron chi connectivity index (χ2n) is 10.2. The number of halogens is 10. The first-order valence-corrected chi connectivity index (χ1v) is 16.2. The molecule has 0 heterocycles. The molecule has 6 rings (SSSR count). The number of rotatable bonds is 7. The molecule has 0 bridgehead atoms. The van der Waals surface area contributed by atoms with Gasteiger partial charge in [-0.15, -0.1) is 0 Å². The summed E-state index contributed by atoms with van der Waals surface area (Å²) in [7, 11) is -12.0. The molecule has 0 saturated heterocycles. The summed E-state index contributed by atoms with van der Waals surface area (Å²) >= 11 is 0.